The van der Waals surface area contributed by atoms with Crippen molar-refractivity contribution in [1.29, 1.82) is 0 Å². The van der Waals surface area contributed by atoms with E-state index < -0.39 is 34.2 Å². The first-order valence-electron chi connectivity index (χ1n) is 7.59. The van der Waals surface area contributed by atoms with Gasteiger partial charge in [0.25, 0.3) is 0 Å². The smallest absolute Gasteiger partial charge is 0.199 e. The van der Waals surface area contributed by atoms with E-state index in [0.29, 0.717) is 5.56 Å². The quantitative estimate of drug-likeness (QED) is 0.214. The fraction of sp³-hybridized carbons (Fsp3) is 0. The van der Waals surface area contributed by atoms with Crippen LogP contribution >= 0.6 is 0 Å². The van der Waals surface area contributed by atoms with Gasteiger partial charge < -0.3 is 5.11 Å². The topological polar surface area (TPSA) is 38.0 Å². The molecule has 27 heavy (non-hydrogen) atoms. The Labute approximate surface area is 163 Å². The Morgan fingerprint density at radius 1 is 0.741 bits per heavy atom. The molecule has 0 spiro atoms. The molecule has 0 aliphatic rings. The molecule has 0 aliphatic carbocycles. The molecule has 8 heteroatoms. The van der Waals surface area contributed by atoms with Crippen LogP contribution in [0.2, 0.25) is 0 Å². The van der Waals surface area contributed by atoms with Gasteiger partial charge in [-0.05, 0) is 12.1 Å². The van der Waals surface area contributed by atoms with Crippen molar-refractivity contribution >= 4 is 10.9 Å². The van der Waals surface area contributed by atoms with Crippen molar-refractivity contribution in [1.82, 2.24) is 9.78 Å². The van der Waals surface area contributed by atoms with Gasteiger partial charge in [0.15, 0.2) is 23.3 Å². The van der Waals surface area contributed by atoms with Crippen molar-refractivity contribution in [3.63, 3.8) is 0 Å². The molecule has 0 saturated heterocycles. The van der Waals surface area contributed by atoms with Gasteiger partial charge in [0.1, 0.15) is 17.0 Å². The second kappa shape index (κ2) is 7.12. The predicted molar refractivity (Wildman–Crippen MR) is 88.0 cm³/mol. The van der Waals surface area contributed by atoms with Gasteiger partial charge in [-0.3, -0.25) is 0 Å². The van der Waals surface area contributed by atoms with Crippen molar-refractivity contribution in [2.75, 3.05) is 0 Å². The van der Waals surface area contributed by atoms with Gasteiger partial charge in [-0.25, -0.2) is 22.2 Å². The number of halogens is 4. The monoisotopic (exact) mass is 422 g/mol. The summed E-state index contributed by atoms with van der Waals surface area (Å²) < 4.78 is 57.3. The van der Waals surface area contributed by atoms with Crippen LogP contribution < -0.4 is 0 Å². The number of phenols is 1. The number of fused-ring (bicyclic) bond motifs is 1. The third kappa shape index (κ3) is 2.90. The third-order valence-corrected chi connectivity index (χ3v) is 4.05. The molecule has 0 amide bonds. The minimum atomic E-state index is -1.93. The van der Waals surface area contributed by atoms with Crippen LogP contribution in [0.5, 0.6) is 5.75 Å². The Morgan fingerprint density at radius 2 is 1.33 bits per heavy atom. The molecular formula is C19H10F4N2OZn. The Hall–Kier alpha value is -2.73. The number of nitrogens with zero attached hydrogens (tertiary/aromatic N) is 2. The zero-order valence-corrected chi connectivity index (χ0v) is 16.7. The van der Waals surface area contributed by atoms with Crippen LogP contribution in [0.4, 0.5) is 17.6 Å². The van der Waals surface area contributed by atoms with Crippen molar-refractivity contribution in [3.05, 3.63) is 77.9 Å². The van der Waals surface area contributed by atoms with Crippen LogP contribution in [0.1, 0.15) is 0 Å². The van der Waals surface area contributed by atoms with Crippen molar-refractivity contribution in [3.8, 4) is 22.7 Å². The van der Waals surface area contributed by atoms with Crippen molar-refractivity contribution in [2.45, 2.75) is 0 Å². The molecule has 4 rings (SSSR count). The summed E-state index contributed by atoms with van der Waals surface area (Å²) in [4.78, 5) is 0. The van der Waals surface area contributed by atoms with E-state index in [2.05, 4.69) is 5.10 Å². The summed E-state index contributed by atoms with van der Waals surface area (Å²) in [5, 5.41) is 13.5. The Balaban J connectivity index is 0.00000210. The van der Waals surface area contributed by atoms with Gasteiger partial charge in [0.2, 0.25) is 0 Å². The zero-order valence-electron chi connectivity index (χ0n) is 13.8. The van der Waals surface area contributed by atoms with Gasteiger partial charge in [-0.15, -0.1) is 0 Å². The van der Waals surface area contributed by atoms with Crippen LogP contribution in [0.3, 0.4) is 0 Å². The number of aromatic hydroxyl groups is 1. The number of phenolic OH excluding ortho intramolecular Hbond substituents is 1. The van der Waals surface area contributed by atoms with Crippen molar-refractivity contribution < 1.29 is 42.1 Å². The molecule has 3 aromatic carbocycles. The molecule has 0 atom stereocenters. The summed E-state index contributed by atoms with van der Waals surface area (Å²) in [6.45, 7) is 0. The van der Waals surface area contributed by atoms with E-state index in [1.165, 1.54) is 12.1 Å². The number of aromatic nitrogens is 2. The number of hydrogen-bond acceptors (Lipinski definition) is 2. The minimum Gasteiger partial charge on any atom is -0.506 e. The second-order valence-corrected chi connectivity index (χ2v) is 5.59. The summed E-state index contributed by atoms with van der Waals surface area (Å²) >= 11 is 0. The first-order chi connectivity index (χ1) is 12.5. The van der Waals surface area contributed by atoms with Crippen LogP contribution in [0.25, 0.3) is 27.8 Å². The zero-order chi connectivity index (χ0) is 18.4. The van der Waals surface area contributed by atoms with E-state index >= 15 is 0 Å². The number of benzene rings is 3. The molecule has 0 fully saturated rings. The maximum absolute atomic E-state index is 14.5. The van der Waals surface area contributed by atoms with E-state index in [9.17, 15) is 22.7 Å². The first kappa shape index (κ1) is 19.0. The molecular weight excluding hydrogens is 414 g/mol. The molecule has 0 bridgehead atoms. The van der Waals surface area contributed by atoms with Crippen LogP contribution in [-0.4, -0.2) is 14.9 Å². The maximum atomic E-state index is 14.5. The van der Waals surface area contributed by atoms with Gasteiger partial charge in [0.05, 0.1) is 11.1 Å². The Morgan fingerprint density at radius 3 is 2.00 bits per heavy atom. The van der Waals surface area contributed by atoms with Crippen LogP contribution in [0.15, 0.2) is 54.6 Å². The molecule has 0 unspecified atom stereocenters. The van der Waals surface area contributed by atoms with E-state index in [0.717, 1.165) is 4.68 Å². The molecule has 132 valence electrons. The average molecular weight is 424 g/mol. The Bertz CT molecular complexity index is 1150. The summed E-state index contributed by atoms with van der Waals surface area (Å²) in [7, 11) is 0. The van der Waals surface area contributed by atoms with E-state index in [4.69, 9.17) is 0 Å². The van der Waals surface area contributed by atoms with Gasteiger partial charge in [0, 0.05) is 25.0 Å². The standard InChI is InChI=1S/C19H10F4N2O.Zn/c20-14-13-18(17(23)16(22)15(14)21)24-25(11-8-4-5-9-12(11)26)19(13)10-6-2-1-3-7-10;/h1-9,26H;. The molecule has 1 N–H and O–H groups in total. The summed E-state index contributed by atoms with van der Waals surface area (Å²) in [6, 6.07) is 14.2. The summed E-state index contributed by atoms with van der Waals surface area (Å²) in [6.07, 6.45) is 0. The average Bonchev–Trinajstić information content (AvgIpc) is 3.06. The number of para-hydroxylation sites is 2. The summed E-state index contributed by atoms with van der Waals surface area (Å²) in [5.41, 5.74) is -0.161. The van der Waals surface area contributed by atoms with Gasteiger partial charge in [-0.2, -0.15) is 5.10 Å². The first-order valence-corrected chi connectivity index (χ1v) is 7.59. The number of hydrogen-bond donors (Lipinski definition) is 1. The Kier molecular flexibility index (Phi) is 5.02. The second-order valence-electron chi connectivity index (χ2n) is 5.59. The molecule has 0 aliphatic heterocycles. The van der Waals surface area contributed by atoms with E-state index in [1.807, 2.05) is 0 Å². The molecule has 4 aromatic rings. The molecule has 1 aromatic heterocycles. The van der Waals surface area contributed by atoms with Gasteiger partial charge >= 0.3 is 0 Å². The molecule has 1 heterocycles. The van der Waals surface area contributed by atoms with Crippen molar-refractivity contribution in [2.24, 2.45) is 0 Å². The fourth-order valence-electron chi connectivity index (χ4n) is 2.87. The normalized spacial score (nSPS) is 10.8. The third-order valence-electron chi connectivity index (χ3n) is 4.05. The summed E-state index contributed by atoms with van der Waals surface area (Å²) in [5.74, 6) is -7.19. The SMILES string of the molecule is Oc1ccccc1-n1nc2c(F)c(F)c(F)c(F)c2c1-c1ccccc1.[Zn]. The van der Waals surface area contributed by atoms with Crippen LogP contribution in [0, 0.1) is 23.3 Å². The minimum absolute atomic E-state index is 0. The molecule has 3 nitrogen and oxygen atoms in total. The fourth-order valence-corrected chi connectivity index (χ4v) is 2.87. The predicted octanol–water partition coefficient (Wildman–Crippen LogP) is 4.95. The molecule has 0 saturated carbocycles. The van der Waals surface area contributed by atoms with Gasteiger partial charge in [-0.1, -0.05) is 42.5 Å². The van der Waals surface area contributed by atoms with Crippen LogP contribution in [-0.2, 0) is 19.5 Å². The largest absolute Gasteiger partial charge is 0.506 e. The number of rotatable bonds is 2. The molecule has 0 radical (unpaired) electrons. The maximum Gasteiger partial charge on any atom is 0.199 e. The van der Waals surface area contributed by atoms with E-state index in [1.54, 1.807) is 42.5 Å². The van der Waals surface area contributed by atoms with E-state index in [-0.39, 0.29) is 36.6 Å².